The zero-order chi connectivity index (χ0) is 21.5. The molecule has 31 heavy (non-hydrogen) atoms. The largest absolute Gasteiger partial charge is 0.496 e. The molecule has 0 fully saturated rings. The van der Waals surface area contributed by atoms with Crippen LogP contribution in [0.5, 0.6) is 11.5 Å². The summed E-state index contributed by atoms with van der Waals surface area (Å²) in [5.41, 5.74) is 3.52. The summed E-state index contributed by atoms with van der Waals surface area (Å²) in [6, 6.07) is 27.3. The predicted molar refractivity (Wildman–Crippen MR) is 119 cm³/mol. The highest BCUT2D eigenvalue weighted by molar-refractivity contribution is 5.92. The molecule has 1 aromatic heterocycles. The number of carbonyl (C=O) groups excluding carboxylic acids is 1. The summed E-state index contributed by atoms with van der Waals surface area (Å²) in [7, 11) is 1.61. The Balaban J connectivity index is 1.31. The van der Waals surface area contributed by atoms with Crippen molar-refractivity contribution >= 4 is 5.91 Å². The van der Waals surface area contributed by atoms with Gasteiger partial charge in [-0.3, -0.25) is 4.79 Å². The summed E-state index contributed by atoms with van der Waals surface area (Å²) in [5, 5.41) is 7.16. The van der Waals surface area contributed by atoms with Crippen LogP contribution in [0.3, 0.4) is 0 Å². The molecule has 0 bridgehead atoms. The molecule has 3 aromatic carbocycles. The van der Waals surface area contributed by atoms with Crippen molar-refractivity contribution in [3.63, 3.8) is 0 Å². The zero-order valence-corrected chi connectivity index (χ0v) is 17.2. The molecule has 4 rings (SSSR count). The van der Waals surface area contributed by atoms with E-state index in [1.165, 1.54) is 0 Å². The van der Waals surface area contributed by atoms with Crippen LogP contribution in [-0.4, -0.2) is 22.8 Å². The topological polar surface area (TPSA) is 65.4 Å². The maximum absolute atomic E-state index is 12.4. The number of nitrogens with zero attached hydrogens (tertiary/aromatic N) is 2. The molecule has 1 amide bonds. The number of methoxy groups -OCH3 is 1. The van der Waals surface area contributed by atoms with Crippen molar-refractivity contribution in [1.82, 2.24) is 15.1 Å². The number of amides is 1. The second-order valence-electron chi connectivity index (χ2n) is 6.90. The van der Waals surface area contributed by atoms with E-state index in [1.54, 1.807) is 24.1 Å². The van der Waals surface area contributed by atoms with Gasteiger partial charge < -0.3 is 14.8 Å². The fraction of sp³-hybridized carbons (Fsp3) is 0.120. The number of carbonyl (C=O) groups is 1. The van der Waals surface area contributed by atoms with E-state index >= 15 is 0 Å². The molecule has 156 valence electrons. The van der Waals surface area contributed by atoms with Crippen LogP contribution in [-0.2, 0) is 13.3 Å². The Labute approximate surface area is 181 Å². The first-order valence-electron chi connectivity index (χ1n) is 9.95. The van der Waals surface area contributed by atoms with E-state index < -0.39 is 0 Å². The average molecular weight is 413 g/mol. The molecular formula is C25H23N3O3. The van der Waals surface area contributed by atoms with Crippen molar-refractivity contribution in [2.24, 2.45) is 0 Å². The molecule has 0 spiro atoms. The van der Waals surface area contributed by atoms with E-state index in [0.29, 0.717) is 12.2 Å². The summed E-state index contributed by atoms with van der Waals surface area (Å²) >= 11 is 0. The first-order valence-corrected chi connectivity index (χ1v) is 9.95. The molecule has 0 radical (unpaired) electrons. The summed E-state index contributed by atoms with van der Waals surface area (Å²) in [6.45, 7) is 0.574. The number of rotatable bonds is 8. The lowest BCUT2D eigenvalue weighted by Crippen LogP contribution is -2.24. The maximum atomic E-state index is 12.4. The lowest BCUT2D eigenvalue weighted by Gasteiger charge is -2.09. The Morgan fingerprint density at radius 2 is 1.61 bits per heavy atom. The number of benzene rings is 3. The second-order valence-corrected chi connectivity index (χ2v) is 6.90. The van der Waals surface area contributed by atoms with Gasteiger partial charge in [-0.25, -0.2) is 4.68 Å². The van der Waals surface area contributed by atoms with E-state index in [-0.39, 0.29) is 12.6 Å². The highest BCUT2D eigenvalue weighted by atomic mass is 16.5. The van der Waals surface area contributed by atoms with Gasteiger partial charge in [0.15, 0.2) is 6.73 Å². The minimum Gasteiger partial charge on any atom is -0.496 e. The third-order valence-corrected chi connectivity index (χ3v) is 4.83. The van der Waals surface area contributed by atoms with Gasteiger partial charge in [-0.15, -0.1) is 0 Å². The number of ether oxygens (including phenoxy) is 2. The van der Waals surface area contributed by atoms with Crippen molar-refractivity contribution < 1.29 is 14.3 Å². The second kappa shape index (κ2) is 9.63. The molecule has 6 heteroatoms. The molecular weight excluding hydrogens is 390 g/mol. The van der Waals surface area contributed by atoms with Gasteiger partial charge in [0.2, 0.25) is 0 Å². The van der Waals surface area contributed by atoms with Crippen LogP contribution < -0.4 is 14.8 Å². The van der Waals surface area contributed by atoms with E-state index in [4.69, 9.17) is 9.47 Å². The lowest BCUT2D eigenvalue weighted by atomic mass is 10.1. The van der Waals surface area contributed by atoms with Crippen molar-refractivity contribution in [3.05, 3.63) is 102 Å². The molecule has 0 saturated carbocycles. The van der Waals surface area contributed by atoms with Gasteiger partial charge in [0, 0.05) is 18.3 Å². The van der Waals surface area contributed by atoms with E-state index in [1.807, 2.05) is 66.7 Å². The Morgan fingerprint density at radius 3 is 2.39 bits per heavy atom. The molecule has 0 unspecified atom stereocenters. The van der Waals surface area contributed by atoms with Gasteiger partial charge in [0.1, 0.15) is 17.2 Å². The fourth-order valence-electron chi connectivity index (χ4n) is 3.18. The van der Waals surface area contributed by atoms with Crippen molar-refractivity contribution in [2.75, 3.05) is 7.11 Å². The number of hydrogen-bond donors (Lipinski definition) is 1. The van der Waals surface area contributed by atoms with Gasteiger partial charge in [0.05, 0.1) is 7.11 Å². The van der Waals surface area contributed by atoms with Crippen LogP contribution in [0.15, 0.2) is 91.1 Å². The van der Waals surface area contributed by atoms with Gasteiger partial charge in [0.25, 0.3) is 5.91 Å². The number of para-hydroxylation sites is 1. The molecule has 6 nitrogen and oxygen atoms in total. The van der Waals surface area contributed by atoms with Crippen LogP contribution in [0.25, 0.3) is 11.1 Å². The number of hydrogen-bond acceptors (Lipinski definition) is 4. The smallest absolute Gasteiger partial charge is 0.272 e. The van der Waals surface area contributed by atoms with E-state index in [2.05, 4.69) is 22.5 Å². The highest BCUT2D eigenvalue weighted by Gasteiger charge is 2.11. The Kier molecular flexibility index (Phi) is 6.28. The Hall–Kier alpha value is -4.06. The normalized spacial score (nSPS) is 10.5. The van der Waals surface area contributed by atoms with Crippen molar-refractivity contribution in [3.8, 4) is 22.6 Å². The first kappa shape index (κ1) is 20.2. The molecule has 0 aliphatic heterocycles. The summed E-state index contributed by atoms with van der Waals surface area (Å²) in [4.78, 5) is 12.4. The van der Waals surface area contributed by atoms with Crippen LogP contribution >= 0.6 is 0 Å². The van der Waals surface area contributed by atoms with Gasteiger partial charge in [-0.05, 0) is 35.4 Å². The number of aromatic nitrogens is 2. The Morgan fingerprint density at radius 1 is 0.903 bits per heavy atom. The molecule has 0 aliphatic rings. The Bertz CT molecular complexity index is 1140. The lowest BCUT2D eigenvalue weighted by molar-refractivity contribution is 0.0943. The van der Waals surface area contributed by atoms with Gasteiger partial charge >= 0.3 is 0 Å². The molecule has 0 saturated heterocycles. The SMILES string of the molecule is COc1ccccc1CNC(=O)c1ccn(COc2ccc(-c3ccccc3)cc2)n1. The molecule has 4 aromatic rings. The fourth-order valence-corrected chi connectivity index (χ4v) is 3.18. The van der Waals surface area contributed by atoms with Crippen molar-refractivity contribution in [2.45, 2.75) is 13.3 Å². The standard InChI is InChI=1S/C25H23N3O3/c1-30-24-10-6-5-9-21(24)17-26-25(29)23-15-16-28(27-23)18-31-22-13-11-20(12-14-22)19-7-3-2-4-8-19/h2-16H,17-18H2,1H3,(H,26,29). The molecule has 1 heterocycles. The first-order chi connectivity index (χ1) is 15.2. The third kappa shape index (κ3) is 5.11. The van der Waals surface area contributed by atoms with Crippen LogP contribution in [0, 0.1) is 0 Å². The summed E-state index contributed by atoms with van der Waals surface area (Å²) < 4.78 is 12.7. The van der Waals surface area contributed by atoms with Crippen LogP contribution in [0.2, 0.25) is 0 Å². The minimum absolute atomic E-state index is 0.213. The summed E-state index contributed by atoms with van der Waals surface area (Å²) in [5.74, 6) is 1.22. The number of nitrogens with one attached hydrogen (secondary N) is 1. The van der Waals surface area contributed by atoms with Gasteiger partial charge in [-0.2, -0.15) is 5.10 Å². The zero-order valence-electron chi connectivity index (χ0n) is 17.2. The minimum atomic E-state index is -0.253. The molecule has 1 N–H and O–H groups in total. The molecule has 0 atom stereocenters. The monoisotopic (exact) mass is 413 g/mol. The highest BCUT2D eigenvalue weighted by Crippen LogP contribution is 2.22. The van der Waals surface area contributed by atoms with E-state index in [9.17, 15) is 4.79 Å². The predicted octanol–water partition coefficient (Wildman–Crippen LogP) is 4.53. The average Bonchev–Trinajstić information content (AvgIpc) is 3.31. The van der Waals surface area contributed by atoms with Crippen LogP contribution in [0.4, 0.5) is 0 Å². The van der Waals surface area contributed by atoms with Gasteiger partial charge in [-0.1, -0.05) is 60.7 Å². The van der Waals surface area contributed by atoms with E-state index in [0.717, 1.165) is 28.2 Å². The summed E-state index contributed by atoms with van der Waals surface area (Å²) in [6.07, 6.45) is 1.72. The van der Waals surface area contributed by atoms with Crippen molar-refractivity contribution in [1.29, 1.82) is 0 Å². The third-order valence-electron chi connectivity index (χ3n) is 4.83. The maximum Gasteiger partial charge on any atom is 0.272 e. The molecule has 0 aliphatic carbocycles. The quantitative estimate of drug-likeness (QED) is 0.461. The van der Waals surface area contributed by atoms with Crippen LogP contribution in [0.1, 0.15) is 16.1 Å².